The van der Waals surface area contributed by atoms with Crippen LogP contribution in [0.15, 0.2) is 90.3 Å². The lowest BCUT2D eigenvalue weighted by molar-refractivity contribution is -0.130. The number of carbonyl (C=O) groups is 2. The summed E-state index contributed by atoms with van der Waals surface area (Å²) in [6, 6.07) is 21.1. The van der Waals surface area contributed by atoms with Crippen LogP contribution in [-0.2, 0) is 11.3 Å². The monoisotopic (exact) mass is 497 g/mol. The summed E-state index contributed by atoms with van der Waals surface area (Å²) in [5.74, 6) is -0.380. The molecule has 2 aromatic carbocycles. The molecule has 1 unspecified atom stereocenters. The first-order chi connectivity index (χ1) is 17.4. The molecule has 1 atom stereocenters. The summed E-state index contributed by atoms with van der Waals surface area (Å²) in [6.45, 7) is 3.69. The number of benzene rings is 2. The Morgan fingerprint density at radius 3 is 2.47 bits per heavy atom. The smallest absolute Gasteiger partial charge is 0.290 e. The molecular weight excluding hydrogens is 474 g/mol. The van der Waals surface area contributed by atoms with Crippen LogP contribution in [0.1, 0.15) is 37.7 Å². The molecular formula is C28H23N3O4S. The topological polar surface area (TPSA) is 92.6 Å². The molecule has 7 nitrogen and oxygen atoms in total. The minimum atomic E-state index is -0.826. The molecule has 0 spiro atoms. The lowest BCUT2D eigenvalue weighted by Crippen LogP contribution is -2.31. The van der Waals surface area contributed by atoms with Gasteiger partial charge in [-0.3, -0.25) is 14.6 Å². The van der Waals surface area contributed by atoms with Crippen molar-refractivity contribution in [1.29, 1.82) is 0 Å². The van der Waals surface area contributed by atoms with Crippen molar-refractivity contribution in [3.8, 4) is 11.5 Å². The van der Waals surface area contributed by atoms with E-state index in [1.165, 1.54) is 16.2 Å². The number of pyridine rings is 1. The zero-order chi connectivity index (χ0) is 25.2. The number of para-hydroxylation sites is 1. The van der Waals surface area contributed by atoms with Crippen LogP contribution in [0.2, 0.25) is 0 Å². The van der Waals surface area contributed by atoms with E-state index in [-0.39, 0.29) is 12.1 Å². The van der Waals surface area contributed by atoms with E-state index in [2.05, 4.69) is 9.97 Å². The largest absolute Gasteiger partial charge is 0.503 e. The second-order valence-electron chi connectivity index (χ2n) is 8.38. The fourth-order valence-corrected chi connectivity index (χ4v) is 5.17. The summed E-state index contributed by atoms with van der Waals surface area (Å²) in [5, 5.41) is 11.7. The number of rotatable bonds is 7. The Morgan fingerprint density at radius 1 is 1.03 bits per heavy atom. The maximum absolute atomic E-state index is 13.7. The number of aromatic nitrogens is 2. The molecule has 3 heterocycles. The third-order valence-corrected chi connectivity index (χ3v) is 6.94. The van der Waals surface area contributed by atoms with Gasteiger partial charge in [-0.2, -0.15) is 0 Å². The second kappa shape index (κ2) is 9.75. The van der Waals surface area contributed by atoms with Gasteiger partial charge >= 0.3 is 0 Å². The van der Waals surface area contributed by atoms with Gasteiger partial charge in [0.05, 0.1) is 39.4 Å². The second-order valence-corrected chi connectivity index (χ2v) is 9.59. The van der Waals surface area contributed by atoms with Crippen LogP contribution < -0.4 is 4.74 Å². The maximum atomic E-state index is 13.7. The number of carbonyl (C=O) groups excluding carboxylic acids is 2. The van der Waals surface area contributed by atoms with Crippen LogP contribution in [-0.4, -0.2) is 31.7 Å². The molecule has 0 saturated heterocycles. The van der Waals surface area contributed by atoms with E-state index in [0.29, 0.717) is 33.3 Å². The molecule has 0 fully saturated rings. The van der Waals surface area contributed by atoms with Gasteiger partial charge in [0.15, 0.2) is 5.76 Å². The first kappa shape index (κ1) is 23.4. The first-order valence-corrected chi connectivity index (χ1v) is 12.2. The Morgan fingerprint density at radius 2 is 1.78 bits per heavy atom. The van der Waals surface area contributed by atoms with E-state index in [1.54, 1.807) is 43.5 Å². The van der Waals surface area contributed by atoms with Gasteiger partial charge in [-0.05, 0) is 55.8 Å². The number of Topliss-reactive ketones (excluding diaryl/α,β-unsaturated/α-hetero) is 1. The summed E-state index contributed by atoms with van der Waals surface area (Å²) in [5.41, 5.74) is 1.87. The van der Waals surface area contributed by atoms with Crippen molar-refractivity contribution in [2.45, 2.75) is 26.4 Å². The van der Waals surface area contributed by atoms with E-state index in [1.807, 2.05) is 49.4 Å². The Hall–Kier alpha value is -4.30. The summed E-state index contributed by atoms with van der Waals surface area (Å²) < 4.78 is 6.00. The van der Waals surface area contributed by atoms with Crippen molar-refractivity contribution in [2.75, 3.05) is 0 Å². The van der Waals surface area contributed by atoms with Crippen molar-refractivity contribution in [1.82, 2.24) is 14.9 Å². The van der Waals surface area contributed by atoms with Crippen LogP contribution in [0, 0.1) is 13.8 Å². The first-order valence-electron chi connectivity index (χ1n) is 11.4. The predicted octanol–water partition coefficient (Wildman–Crippen LogP) is 5.73. The van der Waals surface area contributed by atoms with Gasteiger partial charge in [-0.15, -0.1) is 11.3 Å². The number of aliphatic hydroxyl groups is 1. The molecule has 0 bridgehead atoms. The van der Waals surface area contributed by atoms with E-state index < -0.39 is 23.5 Å². The lowest BCUT2D eigenvalue weighted by Gasteiger charge is -2.27. The Labute approximate surface area is 212 Å². The number of aryl methyl sites for hydroxylation is 2. The molecule has 8 heteroatoms. The molecule has 0 radical (unpaired) electrons. The van der Waals surface area contributed by atoms with Gasteiger partial charge in [-0.25, -0.2) is 4.98 Å². The normalized spacial score (nSPS) is 15.4. The zero-order valence-corrected chi connectivity index (χ0v) is 20.5. The Kier molecular flexibility index (Phi) is 6.35. The predicted molar refractivity (Wildman–Crippen MR) is 136 cm³/mol. The summed E-state index contributed by atoms with van der Waals surface area (Å²) in [4.78, 5) is 37.6. The molecule has 1 N–H and O–H groups in total. The number of thiazole rings is 1. The van der Waals surface area contributed by atoms with Gasteiger partial charge < -0.3 is 14.7 Å². The minimum Gasteiger partial charge on any atom is -0.503 e. The van der Waals surface area contributed by atoms with Crippen molar-refractivity contribution < 1.29 is 19.4 Å². The van der Waals surface area contributed by atoms with Gasteiger partial charge in [0.25, 0.3) is 5.91 Å². The number of hydrogen-bond donors (Lipinski definition) is 1. The fourth-order valence-electron chi connectivity index (χ4n) is 4.30. The average molecular weight is 498 g/mol. The SMILES string of the molecule is Cc1nc(C)c(C(=O)C2=C(O)C(=O)N(Cc3ccccn3)C2c2cccc(Oc3ccccc3)c2)s1. The Bertz CT molecular complexity index is 1460. The van der Waals surface area contributed by atoms with Crippen LogP contribution in [0.5, 0.6) is 11.5 Å². The van der Waals surface area contributed by atoms with Crippen LogP contribution in [0.25, 0.3) is 0 Å². The third kappa shape index (κ3) is 4.50. The van der Waals surface area contributed by atoms with Crippen molar-refractivity contribution in [3.63, 3.8) is 0 Å². The van der Waals surface area contributed by atoms with Crippen LogP contribution in [0.3, 0.4) is 0 Å². The van der Waals surface area contributed by atoms with E-state index in [9.17, 15) is 14.7 Å². The van der Waals surface area contributed by atoms with E-state index >= 15 is 0 Å². The zero-order valence-electron chi connectivity index (χ0n) is 19.7. The average Bonchev–Trinajstić information content (AvgIpc) is 3.35. The summed E-state index contributed by atoms with van der Waals surface area (Å²) >= 11 is 1.25. The van der Waals surface area contributed by atoms with Crippen molar-refractivity contribution in [3.05, 3.63) is 117 Å². The van der Waals surface area contributed by atoms with Gasteiger partial charge in [0, 0.05) is 6.20 Å². The number of amides is 1. The highest BCUT2D eigenvalue weighted by molar-refractivity contribution is 7.14. The van der Waals surface area contributed by atoms with Gasteiger partial charge in [0.1, 0.15) is 11.5 Å². The molecule has 0 saturated carbocycles. The molecule has 180 valence electrons. The van der Waals surface area contributed by atoms with Gasteiger partial charge in [-0.1, -0.05) is 36.4 Å². The summed E-state index contributed by atoms with van der Waals surface area (Å²) in [6.07, 6.45) is 1.64. The molecule has 4 aromatic rings. The highest BCUT2D eigenvalue weighted by atomic mass is 32.1. The number of aliphatic hydroxyl groups excluding tert-OH is 1. The number of nitrogens with zero attached hydrogens (tertiary/aromatic N) is 3. The molecule has 1 amide bonds. The molecule has 36 heavy (non-hydrogen) atoms. The van der Waals surface area contributed by atoms with E-state index in [0.717, 1.165) is 5.01 Å². The Balaban J connectivity index is 1.58. The minimum absolute atomic E-state index is 0.0274. The molecule has 1 aliphatic rings. The van der Waals surface area contributed by atoms with Gasteiger partial charge in [0.2, 0.25) is 5.78 Å². The fraction of sp³-hybridized carbons (Fsp3) is 0.143. The summed E-state index contributed by atoms with van der Waals surface area (Å²) in [7, 11) is 0. The molecule has 1 aliphatic heterocycles. The molecule has 2 aromatic heterocycles. The molecule has 0 aliphatic carbocycles. The third-order valence-electron chi connectivity index (χ3n) is 5.87. The van der Waals surface area contributed by atoms with Crippen LogP contribution in [0.4, 0.5) is 0 Å². The number of ketones is 1. The van der Waals surface area contributed by atoms with Crippen molar-refractivity contribution >= 4 is 23.0 Å². The van der Waals surface area contributed by atoms with Crippen LogP contribution >= 0.6 is 11.3 Å². The highest BCUT2D eigenvalue weighted by Gasteiger charge is 2.44. The quantitative estimate of drug-likeness (QED) is 0.328. The number of hydrogen-bond acceptors (Lipinski definition) is 7. The highest BCUT2D eigenvalue weighted by Crippen LogP contribution is 2.42. The number of ether oxygens (including phenoxy) is 1. The maximum Gasteiger partial charge on any atom is 0.290 e. The molecule has 5 rings (SSSR count). The lowest BCUT2D eigenvalue weighted by atomic mass is 9.94. The van der Waals surface area contributed by atoms with E-state index in [4.69, 9.17) is 4.74 Å². The standard InChI is InChI=1S/C28H23N3O4S/c1-17-27(36-18(2)30-17)25(32)23-24(31(28(34)26(23)33)16-20-10-6-7-14-29-20)19-9-8-13-22(15-19)35-21-11-4-3-5-12-21/h3-15,24,33H,16H2,1-2H3. The van der Waals surface area contributed by atoms with Crippen molar-refractivity contribution in [2.24, 2.45) is 0 Å².